The van der Waals surface area contributed by atoms with Gasteiger partial charge in [-0.15, -0.1) is 11.3 Å². The van der Waals surface area contributed by atoms with Gasteiger partial charge in [0.25, 0.3) is 0 Å². The maximum absolute atomic E-state index is 13.4. The van der Waals surface area contributed by atoms with E-state index in [1.165, 1.54) is 17.0 Å². The summed E-state index contributed by atoms with van der Waals surface area (Å²) in [7, 11) is 0. The zero-order valence-corrected chi connectivity index (χ0v) is 17.8. The van der Waals surface area contributed by atoms with E-state index in [2.05, 4.69) is 16.6 Å². The van der Waals surface area contributed by atoms with Crippen LogP contribution in [-0.2, 0) is 26.5 Å². The van der Waals surface area contributed by atoms with Gasteiger partial charge in [0.05, 0.1) is 18.9 Å². The molecule has 3 aliphatic rings. The highest BCUT2D eigenvalue weighted by Crippen LogP contribution is 2.51. The molecule has 0 bridgehead atoms. The number of amides is 1. The number of aromatic nitrogens is 1. The lowest BCUT2D eigenvalue weighted by Gasteiger charge is -2.34. The minimum atomic E-state index is -0.738. The average molecular weight is 443 g/mol. The van der Waals surface area contributed by atoms with E-state index >= 15 is 0 Å². The van der Waals surface area contributed by atoms with Gasteiger partial charge in [-0.25, -0.2) is 4.39 Å². The summed E-state index contributed by atoms with van der Waals surface area (Å²) in [5.41, 5.74) is 2.46. The molecule has 1 aliphatic carbocycles. The van der Waals surface area contributed by atoms with Crippen LogP contribution in [0.5, 0.6) is 0 Å². The van der Waals surface area contributed by atoms with Gasteiger partial charge in [0, 0.05) is 53.2 Å². The molecule has 31 heavy (non-hydrogen) atoms. The van der Waals surface area contributed by atoms with Crippen molar-refractivity contribution in [2.45, 2.75) is 37.4 Å². The Morgan fingerprint density at radius 2 is 2.03 bits per heavy atom. The summed E-state index contributed by atoms with van der Waals surface area (Å²) in [4.78, 5) is 16.4. The van der Waals surface area contributed by atoms with Crippen LogP contribution in [0.3, 0.4) is 0 Å². The molecule has 2 aromatic heterocycles. The van der Waals surface area contributed by atoms with Gasteiger partial charge < -0.3 is 18.9 Å². The quantitative estimate of drug-likeness (QED) is 0.608. The summed E-state index contributed by atoms with van der Waals surface area (Å²) in [5, 5.41) is 7.13. The summed E-state index contributed by atoms with van der Waals surface area (Å²) in [6.07, 6.45) is 2.90. The fourth-order valence-corrected chi connectivity index (χ4v) is 6.38. The molecular formula is C23H23FN2O4S. The number of benzene rings is 1. The molecule has 1 aromatic carbocycles. The van der Waals surface area contributed by atoms with E-state index in [4.69, 9.17) is 14.0 Å². The summed E-state index contributed by atoms with van der Waals surface area (Å²) in [5.74, 6) is -0.675. The normalized spacial score (nSPS) is 23.1. The third kappa shape index (κ3) is 3.11. The SMILES string of the molecule is O=C(CC1Cc2sccc2C12OCCO2)N1CCC(c2noc3cc(F)ccc23)CC1. The molecule has 3 aromatic rings. The third-order valence-electron chi connectivity index (χ3n) is 6.92. The minimum absolute atomic E-state index is 0.0250. The van der Waals surface area contributed by atoms with Gasteiger partial charge in [-0.05, 0) is 42.8 Å². The second kappa shape index (κ2) is 7.39. The first-order chi connectivity index (χ1) is 15.1. The molecule has 2 fully saturated rings. The number of thiophene rings is 1. The van der Waals surface area contributed by atoms with Crippen molar-refractivity contribution in [3.8, 4) is 0 Å². The lowest BCUT2D eigenvalue weighted by atomic mass is 9.90. The van der Waals surface area contributed by atoms with Crippen LogP contribution in [0, 0.1) is 11.7 Å². The first kappa shape index (κ1) is 19.4. The highest BCUT2D eigenvalue weighted by atomic mass is 32.1. The van der Waals surface area contributed by atoms with Gasteiger partial charge in [0.15, 0.2) is 11.4 Å². The van der Waals surface area contributed by atoms with Crippen LogP contribution in [0.15, 0.2) is 34.2 Å². The number of piperidine rings is 1. The number of halogens is 1. The van der Waals surface area contributed by atoms with Gasteiger partial charge in [-0.3, -0.25) is 4.79 Å². The molecule has 1 spiro atoms. The van der Waals surface area contributed by atoms with Crippen LogP contribution >= 0.6 is 11.3 Å². The first-order valence-corrected chi connectivity index (χ1v) is 11.7. The Morgan fingerprint density at radius 1 is 1.23 bits per heavy atom. The molecule has 1 amide bonds. The van der Waals surface area contributed by atoms with Crippen LogP contribution in [-0.4, -0.2) is 42.3 Å². The van der Waals surface area contributed by atoms with Gasteiger partial charge in [0.1, 0.15) is 5.82 Å². The molecule has 2 aliphatic heterocycles. The molecule has 0 radical (unpaired) electrons. The number of likely N-dealkylation sites (tertiary alicyclic amines) is 1. The number of fused-ring (bicyclic) bond motifs is 3. The topological polar surface area (TPSA) is 64.8 Å². The molecule has 8 heteroatoms. The van der Waals surface area contributed by atoms with E-state index in [0.29, 0.717) is 38.3 Å². The first-order valence-electron chi connectivity index (χ1n) is 10.8. The highest BCUT2D eigenvalue weighted by molar-refractivity contribution is 7.10. The van der Waals surface area contributed by atoms with Crippen LogP contribution < -0.4 is 0 Å². The minimum Gasteiger partial charge on any atom is -0.356 e. The predicted octanol–water partition coefficient (Wildman–Crippen LogP) is 4.20. The van der Waals surface area contributed by atoms with E-state index in [9.17, 15) is 9.18 Å². The van der Waals surface area contributed by atoms with Crippen LogP contribution in [0.25, 0.3) is 11.0 Å². The number of nitrogens with zero attached hydrogens (tertiary/aromatic N) is 2. The van der Waals surface area contributed by atoms with Crippen molar-refractivity contribution >= 4 is 28.2 Å². The smallest absolute Gasteiger partial charge is 0.223 e. The second-order valence-electron chi connectivity index (χ2n) is 8.59. The number of hydrogen-bond donors (Lipinski definition) is 0. The monoisotopic (exact) mass is 442 g/mol. The van der Waals surface area contributed by atoms with Crippen molar-refractivity contribution in [2.24, 2.45) is 5.92 Å². The Kier molecular flexibility index (Phi) is 4.63. The van der Waals surface area contributed by atoms with Gasteiger partial charge in [-0.1, -0.05) is 5.16 Å². The van der Waals surface area contributed by atoms with E-state index < -0.39 is 5.79 Å². The number of carbonyl (C=O) groups is 1. The second-order valence-corrected chi connectivity index (χ2v) is 9.59. The molecule has 162 valence electrons. The van der Waals surface area contributed by atoms with E-state index in [1.54, 1.807) is 17.4 Å². The molecule has 0 N–H and O–H groups in total. The Balaban J connectivity index is 1.12. The summed E-state index contributed by atoms with van der Waals surface area (Å²) >= 11 is 1.72. The molecular weight excluding hydrogens is 419 g/mol. The van der Waals surface area contributed by atoms with E-state index in [0.717, 1.165) is 35.9 Å². The van der Waals surface area contributed by atoms with Gasteiger partial charge in [0.2, 0.25) is 5.91 Å². The van der Waals surface area contributed by atoms with Crippen molar-refractivity contribution < 1.29 is 23.2 Å². The summed E-state index contributed by atoms with van der Waals surface area (Å²) in [6, 6.07) is 6.61. The Hall–Kier alpha value is -2.29. The van der Waals surface area contributed by atoms with Crippen molar-refractivity contribution in [1.29, 1.82) is 0 Å². The predicted molar refractivity (Wildman–Crippen MR) is 112 cm³/mol. The zero-order chi connectivity index (χ0) is 21.0. The van der Waals surface area contributed by atoms with E-state index in [1.807, 2.05) is 4.90 Å². The molecule has 1 unspecified atom stereocenters. The summed E-state index contributed by atoms with van der Waals surface area (Å²) in [6.45, 7) is 2.51. The van der Waals surface area contributed by atoms with Gasteiger partial charge >= 0.3 is 0 Å². The number of ether oxygens (including phenoxy) is 2. The number of carbonyl (C=O) groups excluding carboxylic acids is 1. The van der Waals surface area contributed by atoms with Crippen LogP contribution in [0.2, 0.25) is 0 Å². The molecule has 0 saturated carbocycles. The van der Waals surface area contributed by atoms with Crippen LogP contribution in [0.4, 0.5) is 4.39 Å². The third-order valence-corrected chi connectivity index (χ3v) is 7.87. The fraction of sp³-hybridized carbons (Fsp3) is 0.478. The van der Waals surface area contributed by atoms with Crippen LogP contribution in [0.1, 0.15) is 41.3 Å². The largest absolute Gasteiger partial charge is 0.356 e. The Labute approximate surface area is 182 Å². The summed E-state index contributed by atoms with van der Waals surface area (Å²) < 4.78 is 30.9. The van der Waals surface area contributed by atoms with Crippen molar-refractivity contribution in [3.05, 3.63) is 51.6 Å². The maximum Gasteiger partial charge on any atom is 0.223 e. The Morgan fingerprint density at radius 3 is 2.84 bits per heavy atom. The molecule has 1 atom stereocenters. The molecule has 6 rings (SSSR count). The van der Waals surface area contributed by atoms with Crippen molar-refractivity contribution in [3.63, 3.8) is 0 Å². The zero-order valence-electron chi connectivity index (χ0n) is 17.0. The molecule has 2 saturated heterocycles. The number of hydrogen-bond acceptors (Lipinski definition) is 6. The standard InChI is InChI=1S/C23H23FN2O4S/c24-16-1-2-17-19(13-16)30-25-22(17)14-3-6-26(7-4-14)21(27)12-15-11-20-18(5-10-31-20)23(15)28-8-9-29-23/h1-2,5,10,13-15H,3-4,6-9,11-12H2. The Bertz CT molecular complexity index is 1130. The molecule has 6 nitrogen and oxygen atoms in total. The lowest BCUT2D eigenvalue weighted by molar-refractivity contribution is -0.200. The van der Waals surface area contributed by atoms with Crippen molar-refractivity contribution in [2.75, 3.05) is 26.3 Å². The average Bonchev–Trinajstić information content (AvgIpc) is 3.55. The fourth-order valence-electron chi connectivity index (χ4n) is 5.38. The maximum atomic E-state index is 13.4. The van der Waals surface area contributed by atoms with Crippen molar-refractivity contribution in [1.82, 2.24) is 10.1 Å². The highest BCUT2D eigenvalue weighted by Gasteiger charge is 2.53. The van der Waals surface area contributed by atoms with Gasteiger partial charge in [-0.2, -0.15) is 0 Å². The lowest BCUT2D eigenvalue weighted by Crippen LogP contribution is -2.41. The molecule has 4 heterocycles. The number of rotatable bonds is 3. The van der Waals surface area contributed by atoms with E-state index in [-0.39, 0.29) is 23.6 Å².